The first-order chi connectivity index (χ1) is 9.69. The first-order valence-corrected chi connectivity index (χ1v) is 7.16. The van der Waals surface area contributed by atoms with Gasteiger partial charge in [0.25, 0.3) is 0 Å². The molecule has 1 fully saturated rings. The zero-order valence-electron chi connectivity index (χ0n) is 11.1. The van der Waals surface area contributed by atoms with Gasteiger partial charge in [0.1, 0.15) is 5.75 Å². The van der Waals surface area contributed by atoms with Gasteiger partial charge < -0.3 is 14.8 Å². The molecule has 0 spiro atoms. The standard InChI is InChI=1S/C13H17BrN2O4/c1-18-9-5-6-11(10(14)8-9)15-13(17)16-20-12-4-2-3-7-19-12/h5-6,8,12H,2-4,7H2,1H3,(H2,15,16,17)/t12-/m1/s1. The van der Waals surface area contributed by atoms with E-state index in [0.29, 0.717) is 18.0 Å². The van der Waals surface area contributed by atoms with Crippen molar-refractivity contribution in [2.24, 2.45) is 0 Å². The number of hydroxylamine groups is 1. The molecule has 0 bridgehead atoms. The number of anilines is 1. The summed E-state index contributed by atoms with van der Waals surface area (Å²) in [4.78, 5) is 16.9. The van der Waals surface area contributed by atoms with E-state index in [4.69, 9.17) is 14.3 Å². The summed E-state index contributed by atoms with van der Waals surface area (Å²) < 4.78 is 11.1. The maximum Gasteiger partial charge on any atom is 0.343 e. The second-order valence-corrected chi connectivity index (χ2v) is 5.17. The average Bonchev–Trinajstić information content (AvgIpc) is 2.48. The lowest BCUT2D eigenvalue weighted by molar-refractivity contribution is -0.185. The number of amides is 2. The molecule has 2 rings (SSSR count). The second-order valence-electron chi connectivity index (χ2n) is 4.32. The van der Waals surface area contributed by atoms with Gasteiger partial charge in [-0.1, -0.05) is 0 Å². The van der Waals surface area contributed by atoms with Gasteiger partial charge in [0.2, 0.25) is 0 Å². The number of halogens is 1. The van der Waals surface area contributed by atoms with Gasteiger partial charge >= 0.3 is 6.03 Å². The maximum absolute atomic E-state index is 11.7. The molecule has 1 heterocycles. The third-order valence-corrected chi connectivity index (χ3v) is 3.50. The summed E-state index contributed by atoms with van der Waals surface area (Å²) in [7, 11) is 1.58. The monoisotopic (exact) mass is 344 g/mol. The zero-order chi connectivity index (χ0) is 14.4. The average molecular weight is 345 g/mol. The highest BCUT2D eigenvalue weighted by Crippen LogP contribution is 2.26. The molecule has 2 amide bonds. The smallest absolute Gasteiger partial charge is 0.343 e. The lowest BCUT2D eigenvalue weighted by atomic mass is 10.2. The van der Waals surface area contributed by atoms with E-state index < -0.39 is 6.03 Å². The highest BCUT2D eigenvalue weighted by Gasteiger charge is 2.16. The minimum Gasteiger partial charge on any atom is -0.497 e. The Hall–Kier alpha value is -1.31. The van der Waals surface area contributed by atoms with Gasteiger partial charge in [-0.05, 0) is 47.0 Å². The van der Waals surface area contributed by atoms with Crippen LogP contribution in [0.25, 0.3) is 0 Å². The minimum atomic E-state index is -0.454. The van der Waals surface area contributed by atoms with Crippen molar-refractivity contribution in [2.45, 2.75) is 25.6 Å². The molecule has 1 aliphatic rings. The molecule has 1 aliphatic heterocycles. The summed E-state index contributed by atoms with van der Waals surface area (Å²) in [6.07, 6.45) is 2.49. The number of carbonyl (C=O) groups excluding carboxylic acids is 1. The summed E-state index contributed by atoms with van der Waals surface area (Å²) in [5.41, 5.74) is 2.95. The van der Waals surface area contributed by atoms with Crippen LogP contribution in [0.15, 0.2) is 22.7 Å². The third kappa shape index (κ3) is 4.36. The van der Waals surface area contributed by atoms with Crippen LogP contribution in [0.4, 0.5) is 10.5 Å². The van der Waals surface area contributed by atoms with Crippen LogP contribution in [0.3, 0.4) is 0 Å². The molecule has 1 saturated heterocycles. The molecule has 1 atom stereocenters. The van der Waals surface area contributed by atoms with Gasteiger partial charge in [0.15, 0.2) is 6.29 Å². The number of nitrogens with one attached hydrogen (secondary N) is 2. The van der Waals surface area contributed by atoms with Crippen molar-refractivity contribution in [1.82, 2.24) is 5.48 Å². The first kappa shape index (κ1) is 15.1. The summed E-state index contributed by atoms with van der Waals surface area (Å²) in [6.45, 7) is 0.665. The summed E-state index contributed by atoms with van der Waals surface area (Å²) in [5, 5.41) is 2.67. The highest BCUT2D eigenvalue weighted by atomic mass is 79.9. The molecule has 110 valence electrons. The van der Waals surface area contributed by atoms with Gasteiger partial charge in [-0.3, -0.25) is 0 Å². The Morgan fingerprint density at radius 3 is 2.95 bits per heavy atom. The van der Waals surface area contributed by atoms with E-state index >= 15 is 0 Å². The highest BCUT2D eigenvalue weighted by molar-refractivity contribution is 9.10. The fourth-order valence-electron chi connectivity index (χ4n) is 1.80. The van der Waals surface area contributed by atoms with Crippen molar-refractivity contribution in [3.8, 4) is 5.75 Å². The van der Waals surface area contributed by atoms with E-state index in [1.807, 2.05) is 0 Å². The van der Waals surface area contributed by atoms with Crippen molar-refractivity contribution >= 4 is 27.6 Å². The van der Waals surface area contributed by atoms with Crippen LogP contribution in [0.5, 0.6) is 5.75 Å². The van der Waals surface area contributed by atoms with Gasteiger partial charge in [0.05, 0.1) is 12.8 Å². The van der Waals surface area contributed by atoms with Crippen LogP contribution in [-0.2, 0) is 9.57 Å². The zero-order valence-corrected chi connectivity index (χ0v) is 12.7. The fraction of sp³-hybridized carbons (Fsp3) is 0.462. The molecular formula is C13H17BrN2O4. The van der Waals surface area contributed by atoms with Gasteiger partial charge in [-0.2, -0.15) is 0 Å². The molecule has 6 nitrogen and oxygen atoms in total. The SMILES string of the molecule is COc1ccc(NC(=O)NO[C@@H]2CCCCO2)c(Br)c1. The summed E-state index contributed by atoms with van der Waals surface area (Å²) in [5.74, 6) is 0.703. The topological polar surface area (TPSA) is 68.8 Å². The lowest BCUT2D eigenvalue weighted by Gasteiger charge is -2.22. The number of hydrogen-bond donors (Lipinski definition) is 2. The molecule has 1 aromatic carbocycles. The van der Waals surface area contributed by atoms with Crippen molar-refractivity contribution in [1.29, 1.82) is 0 Å². The molecule has 0 aliphatic carbocycles. The third-order valence-electron chi connectivity index (χ3n) is 2.85. The van der Waals surface area contributed by atoms with Crippen LogP contribution >= 0.6 is 15.9 Å². The molecule has 0 radical (unpaired) electrons. The van der Waals surface area contributed by atoms with Crippen LogP contribution in [-0.4, -0.2) is 26.0 Å². The van der Waals surface area contributed by atoms with Crippen LogP contribution in [0, 0.1) is 0 Å². The summed E-state index contributed by atoms with van der Waals surface area (Å²) in [6, 6.07) is 4.80. The number of benzene rings is 1. The van der Waals surface area contributed by atoms with Gasteiger partial charge in [0, 0.05) is 17.5 Å². The molecule has 1 aromatic rings. The largest absolute Gasteiger partial charge is 0.497 e. The fourth-order valence-corrected chi connectivity index (χ4v) is 2.25. The van der Waals surface area contributed by atoms with E-state index in [1.54, 1.807) is 25.3 Å². The van der Waals surface area contributed by atoms with E-state index in [0.717, 1.165) is 23.7 Å². The Kier molecular flexibility index (Phi) is 5.63. The predicted octanol–water partition coefficient (Wildman–Crippen LogP) is 3.04. The van der Waals surface area contributed by atoms with E-state index in [-0.39, 0.29) is 6.29 Å². The van der Waals surface area contributed by atoms with Crippen LogP contribution in [0.1, 0.15) is 19.3 Å². The molecule has 20 heavy (non-hydrogen) atoms. The lowest BCUT2D eigenvalue weighted by Crippen LogP contribution is -2.35. The predicted molar refractivity (Wildman–Crippen MR) is 77.5 cm³/mol. The number of hydrogen-bond acceptors (Lipinski definition) is 4. The number of urea groups is 1. The van der Waals surface area contributed by atoms with Crippen molar-refractivity contribution in [2.75, 3.05) is 19.0 Å². The van der Waals surface area contributed by atoms with Crippen LogP contribution < -0.4 is 15.5 Å². The maximum atomic E-state index is 11.7. The molecule has 0 aromatic heterocycles. The number of ether oxygens (including phenoxy) is 2. The van der Waals surface area contributed by atoms with E-state index in [2.05, 4.69) is 26.7 Å². The normalized spacial score (nSPS) is 18.4. The quantitative estimate of drug-likeness (QED) is 0.823. The number of rotatable bonds is 4. The van der Waals surface area contributed by atoms with Crippen molar-refractivity contribution < 1.29 is 19.1 Å². The van der Waals surface area contributed by atoms with E-state index in [9.17, 15) is 4.79 Å². The molecular weight excluding hydrogens is 328 g/mol. The Labute approximate surface area is 125 Å². The second kappa shape index (κ2) is 7.47. The van der Waals surface area contributed by atoms with Crippen LogP contribution in [0.2, 0.25) is 0 Å². The Morgan fingerprint density at radius 2 is 2.30 bits per heavy atom. The number of methoxy groups -OCH3 is 1. The summed E-state index contributed by atoms with van der Waals surface area (Å²) >= 11 is 3.36. The van der Waals surface area contributed by atoms with Crippen molar-refractivity contribution in [3.05, 3.63) is 22.7 Å². The Morgan fingerprint density at radius 1 is 1.45 bits per heavy atom. The first-order valence-electron chi connectivity index (χ1n) is 6.37. The molecule has 7 heteroatoms. The Bertz CT molecular complexity index is 464. The van der Waals surface area contributed by atoms with Gasteiger partial charge in [-0.15, -0.1) is 0 Å². The minimum absolute atomic E-state index is 0.367. The molecule has 2 N–H and O–H groups in total. The van der Waals surface area contributed by atoms with Crippen molar-refractivity contribution in [3.63, 3.8) is 0 Å². The number of carbonyl (C=O) groups is 1. The Balaban J connectivity index is 1.81. The van der Waals surface area contributed by atoms with E-state index in [1.165, 1.54) is 0 Å². The molecule has 0 unspecified atom stereocenters. The molecule has 0 saturated carbocycles. The van der Waals surface area contributed by atoms with Gasteiger partial charge in [-0.25, -0.2) is 15.1 Å².